The second-order valence-corrected chi connectivity index (χ2v) is 5.65. The number of pyridine rings is 1. The molecule has 0 amide bonds. The predicted molar refractivity (Wildman–Crippen MR) is 83.2 cm³/mol. The first kappa shape index (κ1) is 15.4. The number of benzene rings is 1. The minimum atomic E-state index is -0.913. The van der Waals surface area contributed by atoms with Gasteiger partial charge in [0, 0.05) is 28.0 Å². The molecule has 1 heterocycles. The van der Waals surface area contributed by atoms with E-state index in [2.05, 4.69) is 4.98 Å². The van der Waals surface area contributed by atoms with Gasteiger partial charge in [-0.15, -0.1) is 11.8 Å². The molecule has 1 N–H and O–H groups in total. The highest BCUT2D eigenvalue weighted by Crippen LogP contribution is 2.30. The van der Waals surface area contributed by atoms with Crippen LogP contribution in [0.4, 0.5) is 0 Å². The van der Waals surface area contributed by atoms with Crippen LogP contribution < -0.4 is 4.74 Å². The zero-order valence-electron chi connectivity index (χ0n) is 12.2. The van der Waals surface area contributed by atoms with E-state index in [4.69, 9.17) is 4.74 Å². The minimum absolute atomic E-state index is 0.319. The van der Waals surface area contributed by atoms with E-state index in [1.807, 2.05) is 26.0 Å². The summed E-state index contributed by atoms with van der Waals surface area (Å²) in [6.45, 7) is 3.92. The molecule has 110 valence electrons. The van der Waals surface area contributed by atoms with Gasteiger partial charge in [-0.2, -0.15) is 0 Å². The first-order chi connectivity index (χ1) is 10.0. The lowest BCUT2D eigenvalue weighted by Gasteiger charge is -2.12. The molecule has 2 rings (SSSR count). The Morgan fingerprint density at radius 3 is 2.71 bits per heavy atom. The lowest BCUT2D eigenvalue weighted by molar-refractivity contribution is 0.0693. The largest absolute Gasteiger partial charge is 0.496 e. The Morgan fingerprint density at radius 2 is 2.05 bits per heavy atom. The van der Waals surface area contributed by atoms with Crippen LogP contribution in [0.15, 0.2) is 35.4 Å². The average Bonchev–Trinajstić information content (AvgIpc) is 2.47. The summed E-state index contributed by atoms with van der Waals surface area (Å²) in [7, 11) is 1.64. The molecule has 0 atom stereocenters. The lowest BCUT2D eigenvalue weighted by atomic mass is 10.1. The van der Waals surface area contributed by atoms with E-state index < -0.39 is 5.97 Å². The number of methoxy groups -OCH3 is 1. The minimum Gasteiger partial charge on any atom is -0.496 e. The molecule has 2 aromatic rings. The lowest BCUT2D eigenvalue weighted by Crippen LogP contribution is -2.00. The summed E-state index contributed by atoms with van der Waals surface area (Å²) < 4.78 is 5.39. The third-order valence-corrected chi connectivity index (χ3v) is 4.32. The van der Waals surface area contributed by atoms with Crippen LogP contribution in [0.2, 0.25) is 0 Å². The summed E-state index contributed by atoms with van der Waals surface area (Å²) in [5.74, 6) is 0.531. The van der Waals surface area contributed by atoms with Gasteiger partial charge in [-0.05, 0) is 26.0 Å². The molecule has 0 fully saturated rings. The van der Waals surface area contributed by atoms with Crippen molar-refractivity contribution >= 4 is 17.7 Å². The Bertz CT molecular complexity index is 671. The standard InChI is InChI=1S/C16H17NO3S/c1-10-8-17-13(11(2)15(10)20-3)9-21-14-7-5-4-6-12(14)16(18)19/h4-8H,9H2,1-3H3,(H,18,19). The summed E-state index contributed by atoms with van der Waals surface area (Å²) in [6, 6.07) is 6.99. The molecular formula is C16H17NO3S. The van der Waals surface area contributed by atoms with Crippen molar-refractivity contribution in [1.82, 2.24) is 4.98 Å². The molecule has 0 aliphatic rings. The van der Waals surface area contributed by atoms with Crippen LogP contribution in [0.5, 0.6) is 5.75 Å². The highest BCUT2D eigenvalue weighted by molar-refractivity contribution is 7.98. The molecule has 0 bridgehead atoms. The Kier molecular flexibility index (Phi) is 4.85. The van der Waals surface area contributed by atoms with E-state index in [0.29, 0.717) is 11.3 Å². The van der Waals surface area contributed by atoms with Crippen molar-refractivity contribution < 1.29 is 14.6 Å². The number of aromatic carboxylic acids is 1. The highest BCUT2D eigenvalue weighted by Gasteiger charge is 2.13. The van der Waals surface area contributed by atoms with Crippen LogP contribution in [0, 0.1) is 13.8 Å². The van der Waals surface area contributed by atoms with Gasteiger partial charge in [-0.25, -0.2) is 4.79 Å². The number of aromatic nitrogens is 1. The number of carbonyl (C=O) groups is 1. The first-order valence-corrected chi connectivity index (χ1v) is 7.47. The van der Waals surface area contributed by atoms with Crippen LogP contribution in [-0.4, -0.2) is 23.2 Å². The number of nitrogens with zero attached hydrogens (tertiary/aromatic N) is 1. The molecule has 0 saturated heterocycles. The van der Waals surface area contributed by atoms with Crippen molar-refractivity contribution in [2.45, 2.75) is 24.5 Å². The molecule has 0 radical (unpaired) electrons. The van der Waals surface area contributed by atoms with Gasteiger partial charge >= 0.3 is 5.97 Å². The van der Waals surface area contributed by atoms with Crippen molar-refractivity contribution in [1.29, 1.82) is 0 Å². The molecule has 4 nitrogen and oxygen atoms in total. The predicted octanol–water partition coefficient (Wildman–Crippen LogP) is 3.70. The molecule has 1 aromatic heterocycles. The van der Waals surface area contributed by atoms with Crippen LogP contribution in [0.3, 0.4) is 0 Å². The third-order valence-electron chi connectivity index (χ3n) is 3.23. The van der Waals surface area contributed by atoms with Gasteiger partial charge in [0.1, 0.15) is 5.75 Å². The topological polar surface area (TPSA) is 59.4 Å². The van der Waals surface area contributed by atoms with E-state index in [1.54, 1.807) is 25.4 Å². The monoisotopic (exact) mass is 303 g/mol. The fourth-order valence-electron chi connectivity index (χ4n) is 2.13. The maximum absolute atomic E-state index is 11.2. The number of ether oxygens (including phenoxy) is 1. The summed E-state index contributed by atoms with van der Waals surface area (Å²) in [6.07, 6.45) is 1.78. The van der Waals surface area contributed by atoms with Gasteiger partial charge in [0.05, 0.1) is 18.4 Å². The molecule has 5 heteroatoms. The number of rotatable bonds is 5. The SMILES string of the molecule is COc1c(C)cnc(CSc2ccccc2C(=O)O)c1C. The Labute approximate surface area is 128 Å². The van der Waals surface area contributed by atoms with Crippen LogP contribution >= 0.6 is 11.8 Å². The normalized spacial score (nSPS) is 10.4. The third kappa shape index (κ3) is 3.36. The maximum atomic E-state index is 11.2. The average molecular weight is 303 g/mol. The van der Waals surface area contributed by atoms with Crippen molar-refractivity contribution in [3.8, 4) is 5.75 Å². The highest BCUT2D eigenvalue weighted by atomic mass is 32.2. The quantitative estimate of drug-likeness (QED) is 0.853. The zero-order chi connectivity index (χ0) is 15.4. The maximum Gasteiger partial charge on any atom is 0.336 e. The van der Waals surface area contributed by atoms with Gasteiger partial charge in [0.25, 0.3) is 0 Å². The molecule has 0 unspecified atom stereocenters. The molecule has 0 aliphatic carbocycles. The first-order valence-electron chi connectivity index (χ1n) is 6.48. The van der Waals surface area contributed by atoms with E-state index in [9.17, 15) is 9.90 Å². The molecule has 1 aromatic carbocycles. The van der Waals surface area contributed by atoms with Crippen molar-refractivity contribution in [3.05, 3.63) is 52.8 Å². The summed E-state index contributed by atoms with van der Waals surface area (Å²) in [5.41, 5.74) is 3.22. The number of carboxylic acid groups (broad SMARTS) is 1. The van der Waals surface area contributed by atoms with E-state index in [-0.39, 0.29) is 0 Å². The van der Waals surface area contributed by atoms with Crippen molar-refractivity contribution in [3.63, 3.8) is 0 Å². The second-order valence-electron chi connectivity index (χ2n) is 4.64. The molecule has 0 aliphatic heterocycles. The van der Waals surface area contributed by atoms with Crippen LogP contribution in [-0.2, 0) is 5.75 Å². The van der Waals surface area contributed by atoms with Crippen molar-refractivity contribution in [2.75, 3.05) is 7.11 Å². The van der Waals surface area contributed by atoms with Crippen LogP contribution in [0.25, 0.3) is 0 Å². The Hall–Kier alpha value is -2.01. The molecule has 0 saturated carbocycles. The summed E-state index contributed by atoms with van der Waals surface area (Å²) in [5, 5.41) is 9.19. The molecular weight excluding hydrogens is 286 g/mol. The van der Waals surface area contributed by atoms with Crippen molar-refractivity contribution in [2.24, 2.45) is 0 Å². The fraction of sp³-hybridized carbons (Fsp3) is 0.250. The smallest absolute Gasteiger partial charge is 0.336 e. The fourth-order valence-corrected chi connectivity index (χ4v) is 3.20. The van der Waals surface area contributed by atoms with Gasteiger partial charge in [0.15, 0.2) is 0 Å². The van der Waals surface area contributed by atoms with E-state index in [1.165, 1.54) is 11.8 Å². The van der Waals surface area contributed by atoms with Gasteiger partial charge in [-0.1, -0.05) is 12.1 Å². The summed E-state index contributed by atoms with van der Waals surface area (Å²) in [4.78, 5) is 16.4. The second kappa shape index (κ2) is 6.63. The van der Waals surface area contributed by atoms with E-state index >= 15 is 0 Å². The van der Waals surface area contributed by atoms with Crippen LogP contribution in [0.1, 0.15) is 27.2 Å². The molecule has 0 spiro atoms. The zero-order valence-corrected chi connectivity index (χ0v) is 13.0. The van der Waals surface area contributed by atoms with Gasteiger partial charge in [-0.3, -0.25) is 4.98 Å². The van der Waals surface area contributed by atoms with E-state index in [0.717, 1.165) is 27.5 Å². The number of hydrogen-bond acceptors (Lipinski definition) is 4. The number of carboxylic acids is 1. The number of thioether (sulfide) groups is 1. The van der Waals surface area contributed by atoms with Gasteiger partial charge in [0.2, 0.25) is 0 Å². The summed E-state index contributed by atoms with van der Waals surface area (Å²) >= 11 is 1.47. The number of hydrogen-bond donors (Lipinski definition) is 1. The Balaban J connectivity index is 2.23. The van der Waals surface area contributed by atoms with Gasteiger partial charge < -0.3 is 9.84 Å². The molecule has 21 heavy (non-hydrogen) atoms. The number of aryl methyl sites for hydroxylation is 1. The Morgan fingerprint density at radius 1 is 1.33 bits per heavy atom.